The fourth-order valence-electron chi connectivity index (χ4n) is 3.70. The molecular weight excluding hydrogens is 398 g/mol. The van der Waals surface area contributed by atoms with Gasteiger partial charge in [0.1, 0.15) is 0 Å². The zero-order valence-corrected chi connectivity index (χ0v) is 19.0. The third-order valence-electron chi connectivity index (χ3n) is 5.67. The molecule has 1 fully saturated rings. The molecule has 6 nitrogen and oxygen atoms in total. The first-order valence-corrected chi connectivity index (χ1v) is 11.9. The number of nitrogens with one attached hydrogen (secondary N) is 1. The largest absolute Gasteiger partial charge is 0.346 e. The number of carbonyl (C=O) groups excluding carboxylic acids is 1. The molecule has 1 heterocycles. The highest BCUT2D eigenvalue weighted by molar-refractivity contribution is 7.88. The molecule has 2 aromatic carbocycles. The fourth-order valence-corrected chi connectivity index (χ4v) is 5.22. The summed E-state index contributed by atoms with van der Waals surface area (Å²) in [6.07, 6.45) is 0. The van der Waals surface area contributed by atoms with Gasteiger partial charge in [0, 0.05) is 31.7 Å². The van der Waals surface area contributed by atoms with Gasteiger partial charge >= 0.3 is 0 Å². The summed E-state index contributed by atoms with van der Waals surface area (Å²) in [6.45, 7) is 8.58. The van der Waals surface area contributed by atoms with Crippen LogP contribution in [0, 0.1) is 13.8 Å². The smallest absolute Gasteiger partial charge is 0.251 e. The van der Waals surface area contributed by atoms with Crippen LogP contribution in [0.2, 0.25) is 0 Å². The summed E-state index contributed by atoms with van der Waals surface area (Å²) < 4.78 is 26.9. The van der Waals surface area contributed by atoms with Gasteiger partial charge in [-0.05, 0) is 56.6 Å². The van der Waals surface area contributed by atoms with Crippen molar-refractivity contribution in [2.75, 3.05) is 33.2 Å². The molecule has 0 aromatic heterocycles. The standard InChI is InChI=1S/C23H31N3O3S/c1-17-5-6-18(2)22(15-17)19(3)24-23(27)21-9-7-20(8-10-21)16-30(28,29)26-13-11-25(4)12-14-26/h5-10,15,19H,11-14,16H2,1-4H3,(H,24,27)/t19-/m0/s1. The first-order chi connectivity index (χ1) is 14.2. The average molecular weight is 430 g/mol. The van der Waals surface area contributed by atoms with Gasteiger partial charge in [0.05, 0.1) is 11.8 Å². The molecule has 1 aliphatic rings. The molecule has 1 aliphatic heterocycles. The third-order valence-corrected chi connectivity index (χ3v) is 7.52. The number of hydrogen-bond acceptors (Lipinski definition) is 4. The van der Waals surface area contributed by atoms with Crippen LogP contribution in [0.15, 0.2) is 42.5 Å². The Morgan fingerprint density at radius 2 is 1.67 bits per heavy atom. The quantitative estimate of drug-likeness (QED) is 0.767. The van der Waals surface area contributed by atoms with Crippen molar-refractivity contribution in [2.24, 2.45) is 0 Å². The lowest BCUT2D eigenvalue weighted by molar-refractivity contribution is 0.0940. The van der Waals surface area contributed by atoms with Gasteiger partial charge in [0.25, 0.3) is 5.91 Å². The molecule has 0 spiro atoms. The van der Waals surface area contributed by atoms with Crippen LogP contribution in [0.5, 0.6) is 0 Å². The zero-order valence-electron chi connectivity index (χ0n) is 18.2. The molecule has 2 aromatic rings. The van der Waals surface area contributed by atoms with Crippen LogP contribution in [0.3, 0.4) is 0 Å². The van der Waals surface area contributed by atoms with Crippen molar-refractivity contribution < 1.29 is 13.2 Å². The molecule has 0 aliphatic carbocycles. The summed E-state index contributed by atoms with van der Waals surface area (Å²) in [6, 6.07) is 12.9. The van der Waals surface area contributed by atoms with Gasteiger partial charge in [-0.1, -0.05) is 35.9 Å². The van der Waals surface area contributed by atoms with Gasteiger partial charge in [-0.3, -0.25) is 4.79 Å². The van der Waals surface area contributed by atoms with Crippen molar-refractivity contribution in [1.82, 2.24) is 14.5 Å². The topological polar surface area (TPSA) is 69.7 Å². The van der Waals surface area contributed by atoms with E-state index in [2.05, 4.69) is 28.4 Å². The molecule has 1 atom stereocenters. The first kappa shape index (κ1) is 22.5. The molecular formula is C23H31N3O3S. The highest BCUT2D eigenvalue weighted by Gasteiger charge is 2.26. The molecule has 162 valence electrons. The number of benzene rings is 2. The normalized spacial score (nSPS) is 16.9. The van der Waals surface area contributed by atoms with Gasteiger partial charge in [0.15, 0.2) is 0 Å². The molecule has 0 radical (unpaired) electrons. The average Bonchev–Trinajstić information content (AvgIpc) is 2.70. The molecule has 1 amide bonds. The second-order valence-electron chi connectivity index (χ2n) is 8.21. The second kappa shape index (κ2) is 9.29. The van der Waals surface area contributed by atoms with Gasteiger partial charge in [-0.25, -0.2) is 8.42 Å². The number of piperazine rings is 1. The number of rotatable bonds is 6. The lowest BCUT2D eigenvalue weighted by Gasteiger charge is -2.31. The predicted octanol–water partition coefficient (Wildman–Crippen LogP) is 2.87. The van der Waals surface area contributed by atoms with Crippen LogP contribution < -0.4 is 5.32 Å². The predicted molar refractivity (Wildman–Crippen MR) is 120 cm³/mol. The summed E-state index contributed by atoms with van der Waals surface area (Å²) in [4.78, 5) is 14.8. The summed E-state index contributed by atoms with van der Waals surface area (Å²) >= 11 is 0. The summed E-state index contributed by atoms with van der Waals surface area (Å²) in [5.74, 6) is -0.214. The molecule has 7 heteroatoms. The Balaban J connectivity index is 1.63. The lowest BCUT2D eigenvalue weighted by atomic mass is 9.99. The van der Waals surface area contributed by atoms with E-state index in [0.29, 0.717) is 24.2 Å². The molecule has 30 heavy (non-hydrogen) atoms. The van der Waals surface area contributed by atoms with Crippen molar-refractivity contribution in [3.05, 3.63) is 70.3 Å². The van der Waals surface area contributed by atoms with Crippen LogP contribution in [0.25, 0.3) is 0 Å². The number of nitrogens with zero attached hydrogens (tertiary/aromatic N) is 2. The number of hydrogen-bond donors (Lipinski definition) is 1. The number of sulfonamides is 1. The van der Waals surface area contributed by atoms with E-state index in [-0.39, 0.29) is 17.7 Å². The molecule has 0 saturated carbocycles. The SMILES string of the molecule is Cc1ccc(C)c([C@H](C)NC(=O)c2ccc(CS(=O)(=O)N3CCN(C)CC3)cc2)c1. The van der Waals surface area contributed by atoms with Crippen molar-refractivity contribution in [3.8, 4) is 0 Å². The Labute approximate surface area is 179 Å². The summed E-state index contributed by atoms with van der Waals surface area (Å²) in [5, 5.41) is 3.03. The minimum absolute atomic E-state index is 0.0441. The van der Waals surface area contributed by atoms with Gasteiger partial charge in [0.2, 0.25) is 10.0 Å². The van der Waals surface area contributed by atoms with Crippen LogP contribution in [0.1, 0.15) is 45.6 Å². The van der Waals surface area contributed by atoms with Crippen LogP contribution in [-0.4, -0.2) is 56.8 Å². The van der Waals surface area contributed by atoms with Crippen LogP contribution in [0.4, 0.5) is 0 Å². The number of likely N-dealkylation sites (N-methyl/N-ethyl adjacent to an activating group) is 1. The van der Waals surface area contributed by atoms with Crippen molar-refractivity contribution in [1.29, 1.82) is 0 Å². The minimum Gasteiger partial charge on any atom is -0.346 e. The minimum atomic E-state index is -3.35. The van der Waals surface area contributed by atoms with Crippen LogP contribution >= 0.6 is 0 Å². The lowest BCUT2D eigenvalue weighted by Crippen LogP contribution is -2.47. The van der Waals surface area contributed by atoms with E-state index >= 15 is 0 Å². The van der Waals surface area contributed by atoms with Gasteiger partial charge in [-0.15, -0.1) is 0 Å². The number of amides is 1. The first-order valence-electron chi connectivity index (χ1n) is 10.3. The summed E-state index contributed by atoms with van der Waals surface area (Å²) in [7, 11) is -1.36. The zero-order chi connectivity index (χ0) is 21.9. The maximum atomic E-state index is 12.7. The highest BCUT2D eigenvalue weighted by atomic mass is 32.2. The summed E-state index contributed by atoms with van der Waals surface area (Å²) in [5.41, 5.74) is 4.60. The molecule has 1 saturated heterocycles. The van der Waals surface area contributed by atoms with Crippen LogP contribution in [-0.2, 0) is 15.8 Å². The number of aryl methyl sites for hydroxylation is 2. The Morgan fingerprint density at radius 3 is 2.30 bits per heavy atom. The molecule has 0 unspecified atom stereocenters. The Hall–Kier alpha value is -2.22. The van der Waals surface area contributed by atoms with E-state index < -0.39 is 10.0 Å². The van der Waals surface area contributed by atoms with Crippen molar-refractivity contribution in [3.63, 3.8) is 0 Å². The highest BCUT2D eigenvalue weighted by Crippen LogP contribution is 2.20. The van der Waals surface area contributed by atoms with Crippen molar-refractivity contribution in [2.45, 2.75) is 32.6 Å². The molecule has 3 rings (SSSR count). The van der Waals surface area contributed by atoms with E-state index in [1.54, 1.807) is 28.6 Å². The maximum absolute atomic E-state index is 12.7. The Morgan fingerprint density at radius 1 is 1.03 bits per heavy atom. The molecule has 0 bridgehead atoms. The van der Waals surface area contributed by atoms with E-state index in [0.717, 1.165) is 29.8 Å². The van der Waals surface area contributed by atoms with Gasteiger partial charge in [-0.2, -0.15) is 4.31 Å². The number of carbonyl (C=O) groups is 1. The van der Waals surface area contributed by atoms with E-state index in [9.17, 15) is 13.2 Å². The Bertz CT molecular complexity index is 995. The Kier molecular flexibility index (Phi) is 6.95. The van der Waals surface area contributed by atoms with E-state index in [4.69, 9.17) is 0 Å². The third kappa shape index (κ3) is 5.47. The van der Waals surface area contributed by atoms with Crippen molar-refractivity contribution >= 4 is 15.9 Å². The molecule has 1 N–H and O–H groups in total. The van der Waals surface area contributed by atoms with E-state index in [1.807, 2.05) is 27.8 Å². The van der Waals surface area contributed by atoms with Gasteiger partial charge < -0.3 is 10.2 Å². The maximum Gasteiger partial charge on any atom is 0.251 e. The second-order valence-corrected chi connectivity index (χ2v) is 10.2. The monoisotopic (exact) mass is 429 g/mol. The van der Waals surface area contributed by atoms with E-state index in [1.165, 1.54) is 0 Å². The fraction of sp³-hybridized carbons (Fsp3) is 0.435.